The lowest BCUT2D eigenvalue weighted by Gasteiger charge is -2.25. The van der Waals surface area contributed by atoms with Gasteiger partial charge in [-0.25, -0.2) is 4.79 Å². The number of carbonyl (C=O) groups excluding carboxylic acids is 3. The molecule has 0 aliphatic carbocycles. The average Bonchev–Trinajstić information content (AvgIpc) is 2.92. The summed E-state index contributed by atoms with van der Waals surface area (Å²) >= 11 is 0. The van der Waals surface area contributed by atoms with Crippen LogP contribution >= 0.6 is 0 Å². The summed E-state index contributed by atoms with van der Waals surface area (Å²) in [6.45, 7) is 0.532. The lowest BCUT2D eigenvalue weighted by atomic mass is 10.0. The number of benzene rings is 1. The molecule has 0 spiro atoms. The van der Waals surface area contributed by atoms with Crippen molar-refractivity contribution in [3.8, 4) is 0 Å². The van der Waals surface area contributed by atoms with Crippen molar-refractivity contribution in [2.24, 2.45) is 27.9 Å². The Hall–Kier alpha value is -4.24. The molecule has 1 aromatic rings. The van der Waals surface area contributed by atoms with Crippen molar-refractivity contribution >= 4 is 35.6 Å². The van der Waals surface area contributed by atoms with Gasteiger partial charge in [0.25, 0.3) is 0 Å². The third-order valence-corrected chi connectivity index (χ3v) is 6.06. The second kappa shape index (κ2) is 18.9. The molecule has 15 heteroatoms. The van der Waals surface area contributed by atoms with Gasteiger partial charge in [-0.05, 0) is 50.6 Å². The number of carbonyl (C=O) groups is 5. The van der Waals surface area contributed by atoms with Gasteiger partial charge >= 0.3 is 11.9 Å². The van der Waals surface area contributed by atoms with Gasteiger partial charge in [-0.15, -0.1) is 0 Å². The zero-order chi connectivity index (χ0) is 30.8. The van der Waals surface area contributed by atoms with Gasteiger partial charge in [0.1, 0.15) is 18.1 Å². The molecule has 15 nitrogen and oxygen atoms in total. The first-order chi connectivity index (χ1) is 19.4. The second-order valence-electron chi connectivity index (χ2n) is 9.48. The van der Waals surface area contributed by atoms with Crippen LogP contribution in [-0.4, -0.2) is 83.1 Å². The van der Waals surface area contributed by atoms with Crippen LogP contribution in [0.15, 0.2) is 35.3 Å². The summed E-state index contributed by atoms with van der Waals surface area (Å²) in [4.78, 5) is 65.6. The zero-order valence-electron chi connectivity index (χ0n) is 23.0. The van der Waals surface area contributed by atoms with Gasteiger partial charge in [0.05, 0.1) is 6.04 Å². The van der Waals surface area contributed by atoms with E-state index in [0.29, 0.717) is 24.9 Å². The maximum Gasteiger partial charge on any atom is 0.326 e. The van der Waals surface area contributed by atoms with Gasteiger partial charge in [0.15, 0.2) is 5.96 Å². The number of rotatable bonds is 20. The number of carboxylic acid groups (broad SMARTS) is 2. The Labute approximate surface area is 238 Å². The largest absolute Gasteiger partial charge is 0.481 e. The highest BCUT2D eigenvalue weighted by molar-refractivity contribution is 5.94. The molecular weight excluding hydrogens is 536 g/mol. The fourth-order valence-corrected chi connectivity index (χ4v) is 3.82. The molecule has 0 bridgehead atoms. The molecule has 0 saturated heterocycles. The van der Waals surface area contributed by atoms with Crippen LogP contribution in [-0.2, 0) is 30.4 Å². The normalized spacial score (nSPS) is 13.6. The van der Waals surface area contributed by atoms with Crippen LogP contribution in [0.25, 0.3) is 0 Å². The number of aliphatic carboxylic acids is 2. The number of nitrogens with two attached hydrogens (primary N) is 4. The molecule has 3 amide bonds. The SMILES string of the molecule is NCCCCC(NC(=O)C(N)CCC(=O)O)C(=O)NC(Cc1ccccc1)C(=O)NC(CCCN=C(N)N)C(=O)O. The van der Waals surface area contributed by atoms with Crippen LogP contribution in [0.3, 0.4) is 0 Å². The van der Waals surface area contributed by atoms with E-state index >= 15 is 0 Å². The highest BCUT2D eigenvalue weighted by Gasteiger charge is 2.30. The second-order valence-corrected chi connectivity index (χ2v) is 9.48. The predicted octanol–water partition coefficient (Wildman–Crippen LogP) is -1.86. The first-order valence-electron chi connectivity index (χ1n) is 13.3. The fourth-order valence-electron chi connectivity index (χ4n) is 3.82. The van der Waals surface area contributed by atoms with Crippen molar-refractivity contribution in [1.29, 1.82) is 0 Å². The maximum atomic E-state index is 13.3. The third-order valence-electron chi connectivity index (χ3n) is 6.06. The number of amides is 3. The molecule has 4 unspecified atom stereocenters. The first kappa shape index (κ1) is 34.8. The minimum Gasteiger partial charge on any atom is -0.481 e. The smallest absolute Gasteiger partial charge is 0.326 e. The predicted molar refractivity (Wildman–Crippen MR) is 151 cm³/mol. The summed E-state index contributed by atoms with van der Waals surface area (Å²) in [7, 11) is 0. The van der Waals surface area contributed by atoms with Gasteiger partial charge in [0.2, 0.25) is 17.7 Å². The number of nitrogens with zero attached hydrogens (tertiary/aromatic N) is 1. The van der Waals surface area contributed by atoms with E-state index in [9.17, 15) is 29.1 Å². The van der Waals surface area contributed by atoms with Crippen LogP contribution in [0.5, 0.6) is 0 Å². The lowest BCUT2D eigenvalue weighted by molar-refractivity contribution is -0.142. The molecule has 4 atom stereocenters. The molecule has 41 heavy (non-hydrogen) atoms. The Morgan fingerprint density at radius 3 is 1.95 bits per heavy atom. The van der Waals surface area contributed by atoms with Crippen molar-refractivity contribution in [3.63, 3.8) is 0 Å². The van der Waals surface area contributed by atoms with Gasteiger partial charge < -0.3 is 49.1 Å². The summed E-state index contributed by atoms with van der Waals surface area (Å²) in [5.41, 5.74) is 22.6. The molecule has 0 heterocycles. The molecular formula is C26H42N8O7. The molecule has 0 aromatic heterocycles. The lowest BCUT2D eigenvalue weighted by Crippen LogP contribution is -2.57. The minimum absolute atomic E-state index is 0.0376. The number of unbranched alkanes of at least 4 members (excludes halogenated alkanes) is 1. The summed E-state index contributed by atoms with van der Waals surface area (Å²) in [5.74, 6) is -4.65. The first-order valence-corrected chi connectivity index (χ1v) is 13.3. The summed E-state index contributed by atoms with van der Waals surface area (Å²) in [6, 6.07) is 4.09. The Morgan fingerprint density at radius 2 is 1.37 bits per heavy atom. The molecule has 0 radical (unpaired) electrons. The van der Waals surface area contributed by atoms with Crippen LogP contribution in [0.1, 0.15) is 50.5 Å². The van der Waals surface area contributed by atoms with E-state index in [-0.39, 0.29) is 51.0 Å². The molecule has 0 aliphatic rings. The molecule has 0 aliphatic heterocycles. The van der Waals surface area contributed by atoms with E-state index in [1.807, 2.05) is 0 Å². The molecule has 0 fully saturated rings. The fraction of sp³-hybridized carbons (Fsp3) is 0.538. The van der Waals surface area contributed by atoms with E-state index in [1.165, 1.54) is 0 Å². The van der Waals surface area contributed by atoms with Gasteiger partial charge in [-0.2, -0.15) is 0 Å². The van der Waals surface area contributed by atoms with Crippen LogP contribution < -0.4 is 38.9 Å². The highest BCUT2D eigenvalue weighted by atomic mass is 16.4. The Morgan fingerprint density at radius 1 is 0.780 bits per heavy atom. The molecule has 228 valence electrons. The van der Waals surface area contributed by atoms with Crippen LogP contribution in [0.2, 0.25) is 0 Å². The van der Waals surface area contributed by atoms with Crippen molar-refractivity contribution < 1.29 is 34.2 Å². The van der Waals surface area contributed by atoms with Gasteiger partial charge in [-0.1, -0.05) is 30.3 Å². The number of hydrogen-bond acceptors (Lipinski definition) is 8. The summed E-state index contributed by atoms with van der Waals surface area (Å²) < 4.78 is 0. The quantitative estimate of drug-likeness (QED) is 0.0470. The summed E-state index contributed by atoms with van der Waals surface area (Å²) in [5, 5.41) is 26.1. The standard InChI is InChI=1S/C26H42N8O7/c27-13-5-4-9-18(32-22(37)17(28)11-12-21(35)36)23(38)34-20(15-16-7-2-1-3-8-16)24(39)33-19(25(40)41)10-6-14-31-26(29)30/h1-3,7-8,17-20H,4-6,9-15,27-28H2,(H,32,37)(H,33,39)(H,34,38)(H,35,36)(H,40,41)(H4,29,30,31). The van der Waals surface area contributed by atoms with E-state index < -0.39 is 53.8 Å². The van der Waals surface area contributed by atoms with E-state index in [0.717, 1.165) is 0 Å². The number of guanidine groups is 1. The molecule has 0 saturated carbocycles. The third kappa shape index (κ3) is 14.6. The van der Waals surface area contributed by atoms with Gasteiger partial charge in [0, 0.05) is 19.4 Å². The zero-order valence-corrected chi connectivity index (χ0v) is 23.0. The van der Waals surface area contributed by atoms with Crippen LogP contribution in [0.4, 0.5) is 0 Å². The Bertz CT molecular complexity index is 1030. The molecule has 1 aromatic carbocycles. The average molecular weight is 579 g/mol. The number of carboxylic acids is 2. The van der Waals surface area contributed by atoms with Crippen molar-refractivity contribution in [2.75, 3.05) is 13.1 Å². The number of nitrogens with one attached hydrogen (secondary N) is 3. The van der Waals surface area contributed by atoms with E-state index in [4.69, 9.17) is 28.0 Å². The highest BCUT2D eigenvalue weighted by Crippen LogP contribution is 2.08. The van der Waals surface area contributed by atoms with E-state index in [2.05, 4.69) is 20.9 Å². The maximum absolute atomic E-state index is 13.3. The molecule has 13 N–H and O–H groups in total. The Balaban J connectivity index is 3.08. The topological polar surface area (TPSA) is 278 Å². The van der Waals surface area contributed by atoms with Crippen molar-refractivity contribution in [3.05, 3.63) is 35.9 Å². The van der Waals surface area contributed by atoms with Crippen molar-refractivity contribution in [1.82, 2.24) is 16.0 Å². The Kier molecular flexibility index (Phi) is 16.1. The monoisotopic (exact) mass is 578 g/mol. The van der Waals surface area contributed by atoms with Gasteiger partial charge in [-0.3, -0.25) is 24.2 Å². The summed E-state index contributed by atoms with van der Waals surface area (Å²) in [6.07, 6.45) is 1.14. The van der Waals surface area contributed by atoms with Crippen LogP contribution in [0, 0.1) is 0 Å². The molecule has 1 rings (SSSR count). The number of hydrogen-bond donors (Lipinski definition) is 9. The number of aliphatic imine (C=N–C) groups is 1. The van der Waals surface area contributed by atoms with E-state index in [1.54, 1.807) is 30.3 Å². The van der Waals surface area contributed by atoms with Crippen molar-refractivity contribution in [2.45, 2.75) is 75.5 Å². The minimum atomic E-state index is -1.27.